The third-order valence-electron chi connectivity index (χ3n) is 3.39. The molecule has 0 aliphatic carbocycles. The Morgan fingerprint density at radius 1 is 1.36 bits per heavy atom. The minimum Gasteiger partial charge on any atom is -0.311 e. The largest absolute Gasteiger partial charge is 0.311 e. The van der Waals surface area contributed by atoms with Gasteiger partial charge in [-0.05, 0) is 26.8 Å². The quantitative estimate of drug-likeness (QED) is 0.556. The van der Waals surface area contributed by atoms with Crippen molar-refractivity contribution in [2.75, 3.05) is 13.6 Å². The lowest BCUT2D eigenvalue weighted by molar-refractivity contribution is 0.0527. The van der Waals surface area contributed by atoms with Crippen LogP contribution in [0.15, 0.2) is 0 Å². The summed E-state index contributed by atoms with van der Waals surface area (Å²) in [6.07, 6.45) is 4.22. The number of nitrogens with zero attached hydrogens (tertiary/aromatic N) is 1. The SMILES string of the molecule is CC1NCC2CCCC1N2C. The van der Waals surface area contributed by atoms with Crippen LogP contribution in [0.2, 0.25) is 0 Å². The highest BCUT2D eigenvalue weighted by molar-refractivity contribution is 4.94. The fourth-order valence-corrected chi connectivity index (χ4v) is 2.55. The Bertz CT molecular complexity index is 146. The summed E-state index contributed by atoms with van der Waals surface area (Å²) in [6, 6.07) is 2.34. The van der Waals surface area contributed by atoms with E-state index in [1.807, 2.05) is 0 Å². The first-order valence-electron chi connectivity index (χ1n) is 4.74. The maximum absolute atomic E-state index is 3.57. The van der Waals surface area contributed by atoms with Crippen molar-refractivity contribution >= 4 is 0 Å². The molecule has 2 heterocycles. The fraction of sp³-hybridized carbons (Fsp3) is 1.00. The summed E-state index contributed by atoms with van der Waals surface area (Å²) < 4.78 is 0. The summed E-state index contributed by atoms with van der Waals surface area (Å²) in [6.45, 7) is 3.51. The second-order valence-electron chi connectivity index (χ2n) is 4.01. The van der Waals surface area contributed by atoms with Crippen LogP contribution in [0.1, 0.15) is 26.2 Å². The minimum atomic E-state index is 0.705. The molecule has 0 aromatic carbocycles. The van der Waals surface area contributed by atoms with Gasteiger partial charge in [-0.3, -0.25) is 4.90 Å². The van der Waals surface area contributed by atoms with Gasteiger partial charge in [-0.2, -0.15) is 0 Å². The number of nitrogens with one attached hydrogen (secondary N) is 1. The van der Waals surface area contributed by atoms with E-state index in [1.165, 1.54) is 25.8 Å². The predicted molar refractivity (Wildman–Crippen MR) is 46.7 cm³/mol. The van der Waals surface area contributed by atoms with E-state index in [1.54, 1.807) is 0 Å². The van der Waals surface area contributed by atoms with Crippen molar-refractivity contribution in [1.29, 1.82) is 0 Å². The van der Waals surface area contributed by atoms with Crippen LogP contribution in [0, 0.1) is 0 Å². The lowest BCUT2D eigenvalue weighted by atomic mass is 9.89. The third-order valence-corrected chi connectivity index (χ3v) is 3.39. The highest BCUT2D eigenvalue weighted by Gasteiger charge is 2.34. The van der Waals surface area contributed by atoms with Crippen LogP contribution in [0.4, 0.5) is 0 Å². The first-order valence-corrected chi connectivity index (χ1v) is 4.74. The van der Waals surface area contributed by atoms with Crippen LogP contribution in [0.3, 0.4) is 0 Å². The standard InChI is InChI=1S/C9H18N2/c1-7-9-5-3-4-8(6-10-7)11(9)2/h7-10H,3-6H2,1-2H3. The number of likely N-dealkylation sites (N-methyl/N-ethyl adjacent to an activating group) is 1. The molecule has 2 aliphatic rings. The summed E-state index contributed by atoms with van der Waals surface area (Å²) >= 11 is 0. The summed E-state index contributed by atoms with van der Waals surface area (Å²) in [5.74, 6) is 0. The van der Waals surface area contributed by atoms with Gasteiger partial charge in [0.2, 0.25) is 0 Å². The number of hydrogen-bond acceptors (Lipinski definition) is 2. The van der Waals surface area contributed by atoms with E-state index < -0.39 is 0 Å². The summed E-state index contributed by atoms with van der Waals surface area (Å²) in [7, 11) is 2.28. The molecule has 1 N–H and O–H groups in total. The topological polar surface area (TPSA) is 15.3 Å². The van der Waals surface area contributed by atoms with Gasteiger partial charge in [-0.15, -0.1) is 0 Å². The maximum Gasteiger partial charge on any atom is 0.0247 e. The third kappa shape index (κ3) is 1.18. The van der Waals surface area contributed by atoms with Gasteiger partial charge < -0.3 is 5.32 Å². The van der Waals surface area contributed by atoms with Crippen LogP contribution in [0.25, 0.3) is 0 Å². The molecule has 0 amide bonds. The van der Waals surface area contributed by atoms with Gasteiger partial charge in [0.05, 0.1) is 0 Å². The number of hydrogen-bond donors (Lipinski definition) is 1. The maximum atomic E-state index is 3.57. The second kappa shape index (κ2) is 2.76. The minimum absolute atomic E-state index is 0.705. The van der Waals surface area contributed by atoms with Gasteiger partial charge in [-0.1, -0.05) is 6.42 Å². The van der Waals surface area contributed by atoms with Gasteiger partial charge in [-0.25, -0.2) is 0 Å². The van der Waals surface area contributed by atoms with Gasteiger partial charge in [0.1, 0.15) is 0 Å². The average Bonchev–Trinajstić information content (AvgIpc) is 1.98. The Kier molecular flexibility index (Phi) is 1.90. The van der Waals surface area contributed by atoms with Crippen LogP contribution in [-0.2, 0) is 0 Å². The average molecular weight is 154 g/mol. The van der Waals surface area contributed by atoms with Crippen LogP contribution >= 0.6 is 0 Å². The van der Waals surface area contributed by atoms with Crippen molar-refractivity contribution in [3.8, 4) is 0 Å². The van der Waals surface area contributed by atoms with Crippen molar-refractivity contribution in [3.63, 3.8) is 0 Å². The molecule has 0 aromatic heterocycles. The van der Waals surface area contributed by atoms with Crippen LogP contribution < -0.4 is 5.32 Å². The Morgan fingerprint density at radius 3 is 2.91 bits per heavy atom. The molecule has 2 fully saturated rings. The molecule has 3 atom stereocenters. The smallest absolute Gasteiger partial charge is 0.0247 e. The van der Waals surface area contributed by atoms with Gasteiger partial charge in [0.25, 0.3) is 0 Å². The van der Waals surface area contributed by atoms with Crippen molar-refractivity contribution in [2.24, 2.45) is 0 Å². The molecule has 0 saturated carbocycles. The number of piperazine rings is 1. The Hall–Kier alpha value is -0.0800. The van der Waals surface area contributed by atoms with Crippen molar-refractivity contribution in [3.05, 3.63) is 0 Å². The summed E-state index contributed by atoms with van der Waals surface area (Å²) in [5, 5.41) is 3.57. The molecule has 2 heteroatoms. The van der Waals surface area contributed by atoms with Gasteiger partial charge >= 0.3 is 0 Å². The first kappa shape index (κ1) is 7.56. The normalized spacial score (nSPS) is 45.8. The molecule has 0 spiro atoms. The molecule has 2 rings (SSSR count). The molecule has 3 unspecified atom stereocenters. The van der Waals surface area contributed by atoms with E-state index in [9.17, 15) is 0 Å². The predicted octanol–water partition coefficient (Wildman–Crippen LogP) is 0.831. The van der Waals surface area contributed by atoms with E-state index >= 15 is 0 Å². The van der Waals surface area contributed by atoms with E-state index in [0.29, 0.717) is 6.04 Å². The molecule has 2 bridgehead atoms. The van der Waals surface area contributed by atoms with Crippen LogP contribution in [0.5, 0.6) is 0 Å². The molecule has 2 nitrogen and oxygen atoms in total. The lowest BCUT2D eigenvalue weighted by Crippen LogP contribution is -2.62. The summed E-state index contributed by atoms with van der Waals surface area (Å²) in [4.78, 5) is 2.57. The van der Waals surface area contributed by atoms with Crippen LogP contribution in [-0.4, -0.2) is 36.6 Å². The number of fused-ring (bicyclic) bond motifs is 2. The lowest BCUT2D eigenvalue weighted by Gasteiger charge is -2.47. The monoisotopic (exact) mass is 154 g/mol. The van der Waals surface area contributed by atoms with Gasteiger partial charge in [0.15, 0.2) is 0 Å². The summed E-state index contributed by atoms with van der Waals surface area (Å²) in [5.41, 5.74) is 0. The number of rotatable bonds is 0. The van der Waals surface area contributed by atoms with Crippen molar-refractivity contribution < 1.29 is 0 Å². The Balaban J connectivity index is 2.09. The zero-order chi connectivity index (χ0) is 7.84. The Labute approximate surface area is 69.0 Å². The molecule has 2 saturated heterocycles. The van der Waals surface area contributed by atoms with E-state index in [0.717, 1.165) is 12.1 Å². The molecular weight excluding hydrogens is 136 g/mol. The molecule has 0 aromatic rings. The second-order valence-corrected chi connectivity index (χ2v) is 4.01. The number of piperidine rings is 1. The highest BCUT2D eigenvalue weighted by Crippen LogP contribution is 2.26. The van der Waals surface area contributed by atoms with Crippen molar-refractivity contribution in [2.45, 2.75) is 44.3 Å². The zero-order valence-electron chi connectivity index (χ0n) is 7.51. The molecule has 64 valence electrons. The van der Waals surface area contributed by atoms with E-state index in [4.69, 9.17) is 0 Å². The Morgan fingerprint density at radius 2 is 2.18 bits per heavy atom. The van der Waals surface area contributed by atoms with Gasteiger partial charge in [0, 0.05) is 24.7 Å². The highest BCUT2D eigenvalue weighted by atomic mass is 15.2. The molecular formula is C9H18N2. The molecule has 0 radical (unpaired) electrons. The van der Waals surface area contributed by atoms with E-state index in [-0.39, 0.29) is 0 Å². The van der Waals surface area contributed by atoms with E-state index in [2.05, 4.69) is 24.2 Å². The molecule has 2 aliphatic heterocycles. The fourth-order valence-electron chi connectivity index (χ4n) is 2.55. The zero-order valence-corrected chi connectivity index (χ0v) is 7.51. The first-order chi connectivity index (χ1) is 5.29. The van der Waals surface area contributed by atoms with Crippen molar-refractivity contribution in [1.82, 2.24) is 10.2 Å². The molecule has 11 heavy (non-hydrogen) atoms.